The predicted octanol–water partition coefficient (Wildman–Crippen LogP) is 0.954. The van der Waals surface area contributed by atoms with E-state index in [0.29, 0.717) is 18.3 Å². The van der Waals surface area contributed by atoms with E-state index in [0.717, 1.165) is 51.2 Å². The highest BCUT2D eigenvalue weighted by molar-refractivity contribution is 5.80. The summed E-state index contributed by atoms with van der Waals surface area (Å²) >= 11 is 0. The van der Waals surface area contributed by atoms with E-state index in [1.54, 1.807) is 7.05 Å². The number of rotatable bonds is 4. The van der Waals surface area contributed by atoms with Crippen LogP contribution in [-0.4, -0.2) is 88.3 Å². The number of aliphatic imine (C=N–C) groups is 1. The number of hydrogen-bond donors (Lipinski definition) is 2. The summed E-state index contributed by atoms with van der Waals surface area (Å²) in [7, 11) is 6.06. The van der Waals surface area contributed by atoms with Crippen LogP contribution in [0.1, 0.15) is 6.42 Å². The van der Waals surface area contributed by atoms with Crippen LogP contribution < -0.4 is 15.5 Å². The first-order chi connectivity index (χ1) is 13.0. The van der Waals surface area contributed by atoms with Gasteiger partial charge in [-0.2, -0.15) is 0 Å². The smallest absolute Gasteiger partial charge is 0.191 e. The molecule has 0 saturated carbocycles. The number of hydrogen-bond acceptors (Lipinski definition) is 4. The number of anilines is 1. The third kappa shape index (κ3) is 5.07. The zero-order chi connectivity index (χ0) is 19.4. The Morgan fingerprint density at radius 3 is 2.74 bits per heavy atom. The Hall–Kier alpha value is -1.93. The Morgan fingerprint density at radius 2 is 2.00 bits per heavy atom. The van der Waals surface area contributed by atoms with Crippen molar-refractivity contribution in [1.82, 2.24) is 20.4 Å². The summed E-state index contributed by atoms with van der Waals surface area (Å²) in [6.45, 7) is 5.40. The molecule has 2 unspecified atom stereocenters. The molecular weight excluding hydrogens is 350 g/mol. The summed E-state index contributed by atoms with van der Waals surface area (Å²) in [6.07, 6.45) is 0.879. The van der Waals surface area contributed by atoms with Crippen molar-refractivity contribution in [2.75, 3.05) is 65.3 Å². The quantitative estimate of drug-likeness (QED) is 0.602. The summed E-state index contributed by atoms with van der Waals surface area (Å²) in [5, 5.41) is 6.85. The number of piperazine rings is 1. The van der Waals surface area contributed by atoms with Crippen LogP contribution in [0.5, 0.6) is 0 Å². The molecule has 2 N–H and O–H groups in total. The van der Waals surface area contributed by atoms with Crippen molar-refractivity contribution in [3.05, 3.63) is 29.8 Å². The van der Waals surface area contributed by atoms with E-state index in [4.69, 9.17) is 0 Å². The molecular formula is C19H30F2N6. The van der Waals surface area contributed by atoms with Gasteiger partial charge in [-0.25, -0.2) is 8.78 Å². The molecule has 3 rings (SSSR count). The van der Waals surface area contributed by atoms with Gasteiger partial charge in [0, 0.05) is 64.5 Å². The minimum absolute atomic E-state index is 0.174. The van der Waals surface area contributed by atoms with E-state index in [2.05, 4.69) is 39.5 Å². The average Bonchev–Trinajstić information content (AvgIpc) is 3.09. The number of guanidine groups is 1. The third-order valence-corrected chi connectivity index (χ3v) is 5.49. The molecule has 2 aliphatic rings. The topological polar surface area (TPSA) is 46.1 Å². The van der Waals surface area contributed by atoms with Crippen LogP contribution in [0.25, 0.3) is 0 Å². The largest absolute Gasteiger partial charge is 0.367 e. The van der Waals surface area contributed by atoms with Crippen LogP contribution in [0.4, 0.5) is 14.5 Å². The lowest BCUT2D eigenvalue weighted by molar-refractivity contribution is 0.116. The maximum Gasteiger partial charge on any atom is 0.191 e. The molecule has 2 atom stereocenters. The van der Waals surface area contributed by atoms with Crippen LogP contribution in [0.2, 0.25) is 0 Å². The van der Waals surface area contributed by atoms with E-state index in [-0.39, 0.29) is 6.04 Å². The van der Waals surface area contributed by atoms with Crippen LogP contribution in [0.15, 0.2) is 23.2 Å². The Balaban J connectivity index is 1.50. The molecule has 2 aliphatic heterocycles. The van der Waals surface area contributed by atoms with E-state index < -0.39 is 11.6 Å². The fourth-order valence-electron chi connectivity index (χ4n) is 3.76. The molecule has 0 radical (unpaired) electrons. The average molecular weight is 380 g/mol. The van der Waals surface area contributed by atoms with E-state index in [1.165, 1.54) is 12.1 Å². The Kier molecular flexibility index (Phi) is 6.49. The number of halogens is 2. The lowest BCUT2D eigenvalue weighted by Crippen LogP contribution is -2.56. The minimum Gasteiger partial charge on any atom is -0.367 e. The second kappa shape index (κ2) is 8.84. The van der Waals surface area contributed by atoms with Crippen molar-refractivity contribution < 1.29 is 8.78 Å². The SMILES string of the molecule is CN=C(NCC1CN(C)CCN1C)NC1CCN(c2ccc(F)cc2F)C1. The molecule has 6 nitrogen and oxygen atoms in total. The fraction of sp³-hybridized carbons (Fsp3) is 0.632. The third-order valence-electron chi connectivity index (χ3n) is 5.49. The summed E-state index contributed by atoms with van der Waals surface area (Å²) in [6, 6.07) is 4.37. The second-order valence-corrected chi connectivity index (χ2v) is 7.52. The van der Waals surface area contributed by atoms with Crippen LogP contribution in [0.3, 0.4) is 0 Å². The fourth-order valence-corrected chi connectivity index (χ4v) is 3.76. The summed E-state index contributed by atoms with van der Waals surface area (Å²) in [4.78, 5) is 11.0. The molecule has 0 bridgehead atoms. The minimum atomic E-state index is -0.548. The molecule has 0 aliphatic carbocycles. The molecule has 0 spiro atoms. The highest BCUT2D eigenvalue weighted by atomic mass is 19.1. The molecule has 2 fully saturated rings. The summed E-state index contributed by atoms with van der Waals surface area (Å²) in [5.41, 5.74) is 0.454. The van der Waals surface area contributed by atoms with Crippen molar-refractivity contribution >= 4 is 11.6 Å². The van der Waals surface area contributed by atoms with Crippen molar-refractivity contribution in [1.29, 1.82) is 0 Å². The van der Waals surface area contributed by atoms with E-state index in [9.17, 15) is 8.78 Å². The number of nitrogens with one attached hydrogen (secondary N) is 2. The maximum absolute atomic E-state index is 14.0. The molecule has 2 heterocycles. The Labute approximate surface area is 160 Å². The van der Waals surface area contributed by atoms with Gasteiger partial charge in [-0.3, -0.25) is 9.89 Å². The number of nitrogens with zero attached hydrogens (tertiary/aromatic N) is 4. The lowest BCUT2D eigenvalue weighted by atomic mass is 10.2. The first-order valence-electron chi connectivity index (χ1n) is 9.52. The van der Waals surface area contributed by atoms with Gasteiger partial charge < -0.3 is 20.4 Å². The highest BCUT2D eigenvalue weighted by Gasteiger charge is 2.26. The van der Waals surface area contributed by atoms with Crippen LogP contribution >= 0.6 is 0 Å². The van der Waals surface area contributed by atoms with Gasteiger partial charge >= 0.3 is 0 Å². The number of likely N-dealkylation sites (N-methyl/N-ethyl adjacent to an activating group) is 2. The number of benzene rings is 1. The molecule has 0 aromatic heterocycles. The van der Waals surface area contributed by atoms with Gasteiger partial charge in [-0.1, -0.05) is 0 Å². The van der Waals surface area contributed by atoms with Gasteiger partial charge in [0.25, 0.3) is 0 Å². The maximum atomic E-state index is 14.0. The van der Waals surface area contributed by atoms with E-state index >= 15 is 0 Å². The lowest BCUT2D eigenvalue weighted by Gasteiger charge is -2.38. The highest BCUT2D eigenvalue weighted by Crippen LogP contribution is 2.24. The van der Waals surface area contributed by atoms with Crippen molar-refractivity contribution in [2.45, 2.75) is 18.5 Å². The standard InChI is InChI=1S/C19H30F2N6/c1-22-19(23-11-16-13-25(2)8-9-26(16)3)24-15-6-7-27(12-15)18-5-4-14(20)10-17(18)21/h4-5,10,15-16H,6-9,11-13H2,1-3H3,(H2,22,23,24). The zero-order valence-electron chi connectivity index (χ0n) is 16.4. The Bertz CT molecular complexity index is 668. The van der Waals surface area contributed by atoms with Crippen LogP contribution in [0, 0.1) is 11.6 Å². The van der Waals surface area contributed by atoms with Gasteiger partial charge in [-0.05, 0) is 32.6 Å². The first-order valence-corrected chi connectivity index (χ1v) is 9.52. The van der Waals surface area contributed by atoms with Crippen molar-refractivity contribution in [2.24, 2.45) is 4.99 Å². The summed E-state index contributed by atoms with van der Waals surface area (Å²) in [5.74, 6) is -0.293. The van der Waals surface area contributed by atoms with E-state index in [1.807, 2.05) is 4.90 Å². The zero-order valence-corrected chi connectivity index (χ0v) is 16.4. The van der Waals surface area contributed by atoms with Gasteiger partial charge in [0.15, 0.2) is 5.96 Å². The monoisotopic (exact) mass is 380 g/mol. The Morgan fingerprint density at radius 1 is 1.19 bits per heavy atom. The van der Waals surface area contributed by atoms with Gasteiger partial charge in [0.05, 0.1) is 5.69 Å². The van der Waals surface area contributed by atoms with Gasteiger partial charge in [-0.15, -0.1) is 0 Å². The van der Waals surface area contributed by atoms with Crippen molar-refractivity contribution in [3.63, 3.8) is 0 Å². The molecule has 1 aromatic rings. The van der Waals surface area contributed by atoms with Crippen LogP contribution in [-0.2, 0) is 0 Å². The molecule has 27 heavy (non-hydrogen) atoms. The molecule has 0 amide bonds. The molecule has 1 aromatic carbocycles. The normalized spacial score (nSPS) is 25.1. The van der Waals surface area contributed by atoms with Gasteiger partial charge in [0.2, 0.25) is 0 Å². The van der Waals surface area contributed by atoms with Crippen molar-refractivity contribution in [3.8, 4) is 0 Å². The molecule has 150 valence electrons. The van der Waals surface area contributed by atoms with Gasteiger partial charge in [0.1, 0.15) is 11.6 Å². The second-order valence-electron chi connectivity index (χ2n) is 7.52. The molecule has 2 saturated heterocycles. The summed E-state index contributed by atoms with van der Waals surface area (Å²) < 4.78 is 27.1. The first kappa shape index (κ1) is 19.8. The predicted molar refractivity (Wildman–Crippen MR) is 105 cm³/mol. The molecule has 8 heteroatoms.